The molecule has 13 heavy (non-hydrogen) atoms. The second kappa shape index (κ2) is 2.86. The van der Waals surface area contributed by atoms with Crippen molar-refractivity contribution in [3.63, 3.8) is 0 Å². The van der Waals surface area contributed by atoms with E-state index in [0.29, 0.717) is 5.56 Å². The van der Waals surface area contributed by atoms with Gasteiger partial charge in [0, 0.05) is 29.3 Å². The van der Waals surface area contributed by atoms with Gasteiger partial charge in [0.2, 0.25) is 0 Å². The summed E-state index contributed by atoms with van der Waals surface area (Å²) in [6.45, 7) is 0. The van der Waals surface area contributed by atoms with Crippen LogP contribution in [0.15, 0.2) is 22.9 Å². The zero-order chi connectivity index (χ0) is 9.42. The van der Waals surface area contributed by atoms with Crippen molar-refractivity contribution in [2.24, 2.45) is 7.05 Å². The molecule has 0 radical (unpaired) electrons. The molecule has 0 aliphatic carbocycles. The molecule has 0 bridgehead atoms. The van der Waals surface area contributed by atoms with Crippen molar-refractivity contribution in [2.75, 3.05) is 0 Å². The molecule has 2 heterocycles. The SMILES string of the molecule is Cn1cc(Br)c2cc(C#N)cnc21. The highest BCUT2D eigenvalue weighted by atomic mass is 79.9. The van der Waals surface area contributed by atoms with E-state index in [2.05, 4.69) is 27.0 Å². The molecule has 0 spiro atoms. The Morgan fingerprint density at radius 2 is 2.38 bits per heavy atom. The summed E-state index contributed by atoms with van der Waals surface area (Å²) in [4.78, 5) is 4.18. The van der Waals surface area contributed by atoms with Crippen LogP contribution >= 0.6 is 15.9 Å². The van der Waals surface area contributed by atoms with Gasteiger partial charge in [-0.05, 0) is 22.0 Å². The molecule has 64 valence electrons. The molecule has 4 heteroatoms. The minimum atomic E-state index is 0.583. The molecule has 0 aliphatic heterocycles. The number of aromatic nitrogens is 2. The lowest BCUT2D eigenvalue weighted by atomic mass is 10.2. The molecule has 2 rings (SSSR count). The van der Waals surface area contributed by atoms with Crippen molar-refractivity contribution in [2.45, 2.75) is 0 Å². The van der Waals surface area contributed by atoms with Crippen LogP contribution in [0.2, 0.25) is 0 Å². The van der Waals surface area contributed by atoms with Crippen LogP contribution < -0.4 is 0 Å². The highest BCUT2D eigenvalue weighted by Crippen LogP contribution is 2.24. The van der Waals surface area contributed by atoms with Gasteiger partial charge in [0.1, 0.15) is 11.7 Å². The first-order chi connectivity index (χ1) is 6.22. The number of hydrogen-bond acceptors (Lipinski definition) is 2. The average molecular weight is 236 g/mol. The number of aryl methyl sites for hydroxylation is 1. The first kappa shape index (κ1) is 8.27. The van der Waals surface area contributed by atoms with Crippen LogP contribution in [0.3, 0.4) is 0 Å². The highest BCUT2D eigenvalue weighted by molar-refractivity contribution is 9.10. The molecule has 0 saturated carbocycles. The molecule has 0 amide bonds. The predicted molar refractivity (Wildman–Crippen MR) is 53.1 cm³/mol. The van der Waals surface area contributed by atoms with Crippen LogP contribution in [0.5, 0.6) is 0 Å². The van der Waals surface area contributed by atoms with Crippen molar-refractivity contribution >= 4 is 27.0 Å². The number of fused-ring (bicyclic) bond motifs is 1. The lowest BCUT2D eigenvalue weighted by molar-refractivity contribution is 0.946. The van der Waals surface area contributed by atoms with Gasteiger partial charge < -0.3 is 4.57 Å². The van der Waals surface area contributed by atoms with E-state index in [9.17, 15) is 0 Å². The monoisotopic (exact) mass is 235 g/mol. The van der Waals surface area contributed by atoms with E-state index in [1.165, 1.54) is 0 Å². The van der Waals surface area contributed by atoms with Crippen molar-refractivity contribution in [1.29, 1.82) is 5.26 Å². The van der Waals surface area contributed by atoms with Crippen molar-refractivity contribution < 1.29 is 0 Å². The fourth-order valence-electron chi connectivity index (χ4n) is 1.28. The smallest absolute Gasteiger partial charge is 0.140 e. The summed E-state index contributed by atoms with van der Waals surface area (Å²) in [6, 6.07) is 3.89. The van der Waals surface area contributed by atoms with Crippen LogP contribution in [0.4, 0.5) is 0 Å². The quantitative estimate of drug-likeness (QED) is 0.703. The minimum absolute atomic E-state index is 0.583. The van der Waals surface area contributed by atoms with E-state index in [0.717, 1.165) is 15.5 Å². The molecule has 0 aromatic carbocycles. The van der Waals surface area contributed by atoms with E-state index in [-0.39, 0.29) is 0 Å². The molecule has 0 unspecified atom stereocenters. The van der Waals surface area contributed by atoms with Crippen molar-refractivity contribution in [3.05, 3.63) is 28.5 Å². The van der Waals surface area contributed by atoms with Crippen molar-refractivity contribution in [1.82, 2.24) is 9.55 Å². The second-order valence-electron chi connectivity index (χ2n) is 2.79. The molecule has 2 aromatic heterocycles. The summed E-state index contributed by atoms with van der Waals surface area (Å²) in [5.74, 6) is 0. The minimum Gasteiger partial charge on any atom is -0.334 e. The molecular weight excluding hydrogens is 230 g/mol. The summed E-state index contributed by atoms with van der Waals surface area (Å²) in [5.41, 5.74) is 1.46. The third kappa shape index (κ3) is 1.21. The molecule has 0 atom stereocenters. The van der Waals surface area contributed by atoms with Crippen LogP contribution in [-0.4, -0.2) is 9.55 Å². The number of pyridine rings is 1. The first-order valence-corrected chi connectivity index (χ1v) is 4.52. The van der Waals surface area contributed by atoms with Crippen molar-refractivity contribution in [3.8, 4) is 6.07 Å². The lowest BCUT2D eigenvalue weighted by Crippen LogP contribution is -1.87. The zero-order valence-electron chi connectivity index (χ0n) is 6.95. The first-order valence-electron chi connectivity index (χ1n) is 3.73. The Balaban J connectivity index is 2.86. The summed E-state index contributed by atoms with van der Waals surface area (Å²) in [6.07, 6.45) is 3.51. The third-order valence-corrected chi connectivity index (χ3v) is 2.53. The van der Waals surface area contributed by atoms with Gasteiger partial charge in [-0.2, -0.15) is 5.26 Å². The van der Waals surface area contributed by atoms with Gasteiger partial charge in [0.25, 0.3) is 0 Å². The Morgan fingerprint density at radius 3 is 3.08 bits per heavy atom. The molecule has 2 aromatic rings. The zero-order valence-corrected chi connectivity index (χ0v) is 8.54. The van der Waals surface area contributed by atoms with Gasteiger partial charge in [-0.1, -0.05) is 0 Å². The van der Waals surface area contributed by atoms with E-state index < -0.39 is 0 Å². The maximum atomic E-state index is 8.68. The number of nitrogens with zero attached hydrogens (tertiary/aromatic N) is 3. The van der Waals surface area contributed by atoms with Gasteiger partial charge in [-0.15, -0.1) is 0 Å². The molecule has 0 N–H and O–H groups in total. The Labute approximate surface area is 83.7 Å². The fraction of sp³-hybridized carbons (Fsp3) is 0.111. The largest absolute Gasteiger partial charge is 0.334 e. The second-order valence-corrected chi connectivity index (χ2v) is 3.65. The number of rotatable bonds is 0. The Bertz CT molecular complexity index is 507. The van der Waals surface area contributed by atoms with Gasteiger partial charge >= 0.3 is 0 Å². The summed E-state index contributed by atoms with van der Waals surface area (Å²) in [5, 5.41) is 9.66. The third-order valence-electron chi connectivity index (χ3n) is 1.89. The lowest BCUT2D eigenvalue weighted by Gasteiger charge is -1.93. The summed E-state index contributed by atoms with van der Waals surface area (Å²) >= 11 is 3.41. The molecule has 0 aliphatic rings. The van der Waals surface area contributed by atoms with Crippen LogP contribution in [-0.2, 0) is 7.05 Å². The van der Waals surface area contributed by atoms with Crippen LogP contribution in [0.25, 0.3) is 11.0 Å². The standard InChI is InChI=1S/C9H6BrN3/c1-13-5-8(10)7-2-6(3-11)4-12-9(7)13/h2,4-5H,1H3. The van der Waals surface area contributed by atoms with Gasteiger partial charge in [-0.25, -0.2) is 4.98 Å². The molecular formula is C9H6BrN3. The summed E-state index contributed by atoms with van der Waals surface area (Å²) < 4.78 is 2.88. The average Bonchev–Trinajstić information content (AvgIpc) is 2.42. The van der Waals surface area contributed by atoms with E-state index in [1.54, 1.807) is 6.20 Å². The van der Waals surface area contributed by atoms with Gasteiger partial charge in [0.15, 0.2) is 0 Å². The maximum absolute atomic E-state index is 8.68. The number of halogens is 1. The normalized spacial score (nSPS) is 10.2. The van der Waals surface area contributed by atoms with Crippen LogP contribution in [0, 0.1) is 11.3 Å². The Morgan fingerprint density at radius 1 is 1.62 bits per heavy atom. The maximum Gasteiger partial charge on any atom is 0.140 e. The Hall–Kier alpha value is -1.34. The Kier molecular flexibility index (Phi) is 1.82. The number of nitriles is 1. The van der Waals surface area contributed by atoms with Gasteiger partial charge in [-0.3, -0.25) is 0 Å². The fourth-order valence-corrected chi connectivity index (χ4v) is 1.88. The molecule has 0 saturated heterocycles. The summed E-state index contributed by atoms with van der Waals surface area (Å²) in [7, 11) is 1.92. The van der Waals surface area contributed by atoms with E-state index in [1.807, 2.05) is 23.9 Å². The van der Waals surface area contributed by atoms with E-state index >= 15 is 0 Å². The van der Waals surface area contributed by atoms with Gasteiger partial charge in [0.05, 0.1) is 5.56 Å². The number of hydrogen-bond donors (Lipinski definition) is 0. The van der Waals surface area contributed by atoms with Crippen LogP contribution in [0.1, 0.15) is 5.56 Å². The molecule has 3 nitrogen and oxygen atoms in total. The topological polar surface area (TPSA) is 41.6 Å². The highest BCUT2D eigenvalue weighted by Gasteiger charge is 2.05. The molecule has 0 fully saturated rings. The predicted octanol–water partition coefficient (Wildman–Crippen LogP) is 2.21. The van der Waals surface area contributed by atoms with E-state index in [4.69, 9.17) is 5.26 Å².